The zero-order chi connectivity index (χ0) is 15.0. The Morgan fingerprint density at radius 1 is 1.10 bits per heavy atom. The molecule has 2 aromatic rings. The van der Waals surface area contributed by atoms with Crippen molar-refractivity contribution < 1.29 is 4.74 Å². The Morgan fingerprint density at radius 2 is 1.90 bits per heavy atom. The molecule has 0 radical (unpaired) electrons. The first-order valence-corrected chi connectivity index (χ1v) is 7.82. The molecule has 2 nitrogen and oxygen atoms in total. The summed E-state index contributed by atoms with van der Waals surface area (Å²) in [6, 6.07) is 9.18. The van der Waals surface area contributed by atoms with E-state index in [0.29, 0.717) is 28.1 Å². The van der Waals surface area contributed by atoms with E-state index in [1.165, 1.54) is 0 Å². The van der Waals surface area contributed by atoms with Crippen molar-refractivity contribution in [1.29, 1.82) is 0 Å². The van der Waals surface area contributed by atoms with Crippen molar-refractivity contribution in [2.75, 3.05) is 6.61 Å². The summed E-state index contributed by atoms with van der Waals surface area (Å²) in [6.45, 7) is 0.683. The van der Waals surface area contributed by atoms with Gasteiger partial charge in [0.05, 0.1) is 16.7 Å². The molecule has 0 saturated carbocycles. The molecule has 0 bridgehead atoms. The van der Waals surface area contributed by atoms with Crippen molar-refractivity contribution in [1.82, 2.24) is 0 Å². The molecular weight excluding hydrogens is 329 g/mol. The Labute approximate surface area is 138 Å². The van der Waals surface area contributed by atoms with Crippen LogP contribution in [0.25, 0.3) is 0 Å². The molecule has 2 N–H and O–H groups in total. The van der Waals surface area contributed by atoms with Gasteiger partial charge in [-0.2, -0.15) is 0 Å². The van der Waals surface area contributed by atoms with Crippen LogP contribution in [-0.4, -0.2) is 6.61 Å². The molecular formula is C16H14Cl3NO. The Kier molecular flexibility index (Phi) is 4.32. The first-order valence-electron chi connectivity index (χ1n) is 6.69. The van der Waals surface area contributed by atoms with E-state index in [1.54, 1.807) is 6.07 Å². The third-order valence-electron chi connectivity index (χ3n) is 3.62. The van der Waals surface area contributed by atoms with Crippen LogP contribution >= 0.6 is 34.8 Å². The maximum Gasteiger partial charge on any atom is 0.127 e. The van der Waals surface area contributed by atoms with Crippen LogP contribution in [0.15, 0.2) is 30.3 Å². The Bertz CT molecular complexity index is 687. The fraction of sp³-hybridized carbons (Fsp3) is 0.250. The molecule has 0 saturated heterocycles. The summed E-state index contributed by atoms with van der Waals surface area (Å²) >= 11 is 18.1. The lowest BCUT2D eigenvalue weighted by Gasteiger charge is -2.16. The average molecular weight is 343 g/mol. The molecule has 110 valence electrons. The fourth-order valence-electron chi connectivity index (χ4n) is 2.60. The first kappa shape index (κ1) is 15.0. The SMILES string of the molecule is NC(Cc1ccc(Cl)c(Cl)c1)c1cc(Cl)cc2c1OCC2. The lowest BCUT2D eigenvalue weighted by Crippen LogP contribution is -2.14. The molecule has 0 aliphatic carbocycles. The third-order valence-corrected chi connectivity index (χ3v) is 4.57. The molecule has 1 heterocycles. The summed E-state index contributed by atoms with van der Waals surface area (Å²) in [5.74, 6) is 0.881. The minimum absolute atomic E-state index is 0.201. The lowest BCUT2D eigenvalue weighted by molar-refractivity contribution is 0.351. The number of nitrogens with two attached hydrogens (primary N) is 1. The van der Waals surface area contributed by atoms with E-state index in [2.05, 4.69) is 0 Å². The molecule has 2 aromatic carbocycles. The van der Waals surface area contributed by atoms with Crippen LogP contribution in [0.2, 0.25) is 15.1 Å². The Balaban J connectivity index is 1.89. The van der Waals surface area contributed by atoms with Gasteiger partial charge in [-0.25, -0.2) is 0 Å². The van der Waals surface area contributed by atoms with Crippen LogP contribution in [-0.2, 0) is 12.8 Å². The summed E-state index contributed by atoms with van der Waals surface area (Å²) in [6.07, 6.45) is 1.52. The van der Waals surface area contributed by atoms with Crippen LogP contribution in [0.3, 0.4) is 0 Å². The van der Waals surface area contributed by atoms with Gasteiger partial charge in [-0.05, 0) is 41.8 Å². The highest BCUT2D eigenvalue weighted by Gasteiger charge is 2.21. The number of ether oxygens (including phenoxy) is 1. The zero-order valence-corrected chi connectivity index (χ0v) is 13.5. The molecule has 0 amide bonds. The Morgan fingerprint density at radius 3 is 2.67 bits per heavy atom. The van der Waals surface area contributed by atoms with Gasteiger partial charge in [0.1, 0.15) is 5.75 Å². The van der Waals surface area contributed by atoms with Gasteiger partial charge in [0.2, 0.25) is 0 Å². The predicted octanol–water partition coefficient (Wildman–Crippen LogP) is 4.82. The van der Waals surface area contributed by atoms with Gasteiger partial charge >= 0.3 is 0 Å². The van der Waals surface area contributed by atoms with Gasteiger partial charge in [0, 0.05) is 23.0 Å². The quantitative estimate of drug-likeness (QED) is 0.867. The minimum atomic E-state index is -0.201. The smallest absolute Gasteiger partial charge is 0.127 e. The molecule has 0 fully saturated rings. The highest BCUT2D eigenvalue weighted by atomic mass is 35.5. The second kappa shape index (κ2) is 6.05. The maximum absolute atomic E-state index is 6.34. The van der Waals surface area contributed by atoms with Crippen molar-refractivity contribution >= 4 is 34.8 Å². The molecule has 0 spiro atoms. The van der Waals surface area contributed by atoms with Crippen molar-refractivity contribution in [2.45, 2.75) is 18.9 Å². The van der Waals surface area contributed by atoms with Gasteiger partial charge in [-0.1, -0.05) is 40.9 Å². The molecule has 3 rings (SSSR count). The summed E-state index contributed by atoms with van der Waals surface area (Å²) in [5.41, 5.74) is 9.45. The van der Waals surface area contributed by atoms with Crippen molar-refractivity contribution in [2.24, 2.45) is 5.73 Å². The maximum atomic E-state index is 6.34. The van der Waals surface area contributed by atoms with Crippen LogP contribution in [0.4, 0.5) is 0 Å². The summed E-state index contributed by atoms with van der Waals surface area (Å²) in [7, 11) is 0. The Hall–Kier alpha value is -0.930. The van der Waals surface area contributed by atoms with E-state index in [1.807, 2.05) is 24.3 Å². The van der Waals surface area contributed by atoms with Crippen molar-refractivity contribution in [3.63, 3.8) is 0 Å². The van der Waals surface area contributed by atoms with E-state index >= 15 is 0 Å². The van der Waals surface area contributed by atoms with Crippen molar-refractivity contribution in [3.8, 4) is 5.75 Å². The summed E-state index contributed by atoms with van der Waals surface area (Å²) in [4.78, 5) is 0. The molecule has 1 aliphatic rings. The van der Waals surface area contributed by atoms with Crippen LogP contribution in [0.1, 0.15) is 22.7 Å². The standard InChI is InChI=1S/C16H14Cl3NO/c17-11-7-10-3-4-21-16(10)12(8-11)15(20)6-9-1-2-13(18)14(19)5-9/h1-2,5,7-8,15H,3-4,6,20H2. The number of fused-ring (bicyclic) bond motifs is 1. The third kappa shape index (κ3) is 3.14. The number of benzene rings is 2. The molecule has 1 atom stereocenters. The molecule has 21 heavy (non-hydrogen) atoms. The van der Waals surface area contributed by atoms with Crippen LogP contribution in [0, 0.1) is 0 Å². The second-order valence-corrected chi connectivity index (χ2v) is 6.39. The lowest BCUT2D eigenvalue weighted by atomic mass is 9.97. The highest BCUT2D eigenvalue weighted by molar-refractivity contribution is 6.42. The largest absolute Gasteiger partial charge is 0.493 e. The van der Waals surface area contributed by atoms with Gasteiger partial charge < -0.3 is 10.5 Å². The van der Waals surface area contributed by atoms with Crippen molar-refractivity contribution in [3.05, 3.63) is 62.1 Å². The van der Waals surface area contributed by atoms with E-state index in [9.17, 15) is 0 Å². The highest BCUT2D eigenvalue weighted by Crippen LogP contribution is 2.37. The van der Waals surface area contributed by atoms with Gasteiger partial charge in [-0.15, -0.1) is 0 Å². The number of hydrogen-bond donors (Lipinski definition) is 1. The molecule has 1 aliphatic heterocycles. The normalized spacial score (nSPS) is 14.7. The second-order valence-electron chi connectivity index (χ2n) is 5.14. The van der Waals surface area contributed by atoms with E-state index < -0.39 is 0 Å². The monoisotopic (exact) mass is 341 g/mol. The number of rotatable bonds is 3. The molecule has 5 heteroatoms. The van der Waals surface area contributed by atoms with E-state index in [4.69, 9.17) is 45.3 Å². The number of halogens is 3. The summed E-state index contributed by atoms with van der Waals surface area (Å²) < 4.78 is 5.70. The van der Waals surface area contributed by atoms with Crippen LogP contribution < -0.4 is 10.5 Å². The molecule has 0 aromatic heterocycles. The average Bonchev–Trinajstić information content (AvgIpc) is 2.90. The fourth-order valence-corrected chi connectivity index (χ4v) is 3.17. The van der Waals surface area contributed by atoms with Gasteiger partial charge in [0.15, 0.2) is 0 Å². The molecule has 1 unspecified atom stereocenters. The minimum Gasteiger partial charge on any atom is -0.493 e. The van der Waals surface area contributed by atoms with E-state index in [0.717, 1.165) is 28.9 Å². The van der Waals surface area contributed by atoms with Crippen LogP contribution in [0.5, 0.6) is 5.75 Å². The number of hydrogen-bond acceptors (Lipinski definition) is 2. The topological polar surface area (TPSA) is 35.2 Å². The first-order chi connectivity index (χ1) is 10.0. The van der Waals surface area contributed by atoms with Gasteiger partial charge in [0.25, 0.3) is 0 Å². The van der Waals surface area contributed by atoms with Gasteiger partial charge in [-0.3, -0.25) is 0 Å². The predicted molar refractivity (Wildman–Crippen MR) is 87.7 cm³/mol. The summed E-state index contributed by atoms with van der Waals surface area (Å²) in [5, 5.41) is 1.77. The van der Waals surface area contributed by atoms with E-state index in [-0.39, 0.29) is 6.04 Å². The zero-order valence-electron chi connectivity index (χ0n) is 11.2.